The molecule has 0 saturated heterocycles. The van der Waals surface area contributed by atoms with Gasteiger partial charge in [-0.3, -0.25) is 9.59 Å². The number of rotatable bonds is 49. The average Bonchev–Trinajstić information content (AvgIpc) is 3.26. The fourth-order valence-corrected chi connectivity index (χ4v) is 7.97. The number of allylic oxidation sites excluding steroid dienone is 5. The maximum atomic E-state index is 12.4. The van der Waals surface area contributed by atoms with Gasteiger partial charge in [0.1, 0.15) is 0 Å². The first-order valence-corrected chi connectivity index (χ1v) is 26.8. The second kappa shape index (κ2) is 50.7. The monoisotopic (exact) mass is 858 g/mol. The average molecular weight is 858 g/mol. The number of ether oxygens (including phenoxy) is 1. The Balaban J connectivity index is 3.48. The van der Waals surface area contributed by atoms with Gasteiger partial charge in [-0.15, -0.1) is 0 Å². The van der Waals surface area contributed by atoms with Gasteiger partial charge in [-0.05, 0) is 83.5 Å². The molecule has 0 heterocycles. The van der Waals surface area contributed by atoms with Crippen molar-refractivity contribution in [2.75, 3.05) is 13.2 Å². The van der Waals surface area contributed by atoms with E-state index in [0.717, 1.165) is 64.2 Å². The van der Waals surface area contributed by atoms with Crippen LogP contribution in [-0.4, -0.2) is 47.4 Å². The number of carbonyl (C=O) groups is 2. The van der Waals surface area contributed by atoms with Crippen molar-refractivity contribution in [3.05, 3.63) is 36.5 Å². The molecule has 0 rings (SSSR count). The summed E-state index contributed by atoms with van der Waals surface area (Å²) in [5.74, 6) is -0.0911. The number of amides is 1. The van der Waals surface area contributed by atoms with E-state index in [4.69, 9.17) is 4.74 Å². The van der Waals surface area contributed by atoms with Gasteiger partial charge in [-0.2, -0.15) is 0 Å². The summed E-state index contributed by atoms with van der Waals surface area (Å²) >= 11 is 0. The second-order valence-electron chi connectivity index (χ2n) is 18.2. The topological polar surface area (TPSA) is 95.9 Å². The summed E-state index contributed by atoms with van der Waals surface area (Å²) in [6, 6.07) is -0.637. The van der Waals surface area contributed by atoms with Gasteiger partial charge in [0.25, 0.3) is 0 Å². The van der Waals surface area contributed by atoms with Gasteiger partial charge in [-0.25, -0.2) is 0 Å². The second-order valence-corrected chi connectivity index (χ2v) is 18.2. The Bertz CT molecular complexity index is 993. The molecule has 6 heteroatoms. The third kappa shape index (κ3) is 47.4. The SMILES string of the molecule is CCCCCC/C=C\CCCCCCCC(=O)OCCCCCCCCCCC/C=C\CCCCCCCC(=O)NC(CO)C(O)/C=C/CCCCCCCCCCCCC. The minimum absolute atomic E-state index is 0.00776. The Hall–Kier alpha value is -1.92. The molecule has 0 aromatic rings. The highest BCUT2D eigenvalue weighted by atomic mass is 16.5. The number of hydrogen-bond donors (Lipinski definition) is 3. The van der Waals surface area contributed by atoms with E-state index in [2.05, 4.69) is 43.5 Å². The van der Waals surface area contributed by atoms with Crippen molar-refractivity contribution in [2.24, 2.45) is 0 Å². The first kappa shape index (κ1) is 59.1. The van der Waals surface area contributed by atoms with Gasteiger partial charge >= 0.3 is 5.97 Å². The van der Waals surface area contributed by atoms with Gasteiger partial charge in [-0.1, -0.05) is 217 Å². The van der Waals surface area contributed by atoms with Crippen LogP contribution in [0.15, 0.2) is 36.5 Å². The fourth-order valence-electron chi connectivity index (χ4n) is 7.97. The summed E-state index contributed by atoms with van der Waals surface area (Å²) in [4.78, 5) is 24.4. The molecule has 0 radical (unpaired) electrons. The lowest BCUT2D eigenvalue weighted by molar-refractivity contribution is -0.143. The van der Waals surface area contributed by atoms with Crippen LogP contribution < -0.4 is 5.32 Å². The van der Waals surface area contributed by atoms with E-state index in [1.807, 2.05) is 6.08 Å². The van der Waals surface area contributed by atoms with Crippen LogP contribution in [0.4, 0.5) is 0 Å². The summed E-state index contributed by atoms with van der Waals surface area (Å²) < 4.78 is 5.45. The molecule has 1 amide bonds. The predicted molar refractivity (Wildman–Crippen MR) is 264 cm³/mol. The lowest BCUT2D eigenvalue weighted by Gasteiger charge is -2.20. The Kier molecular flexibility index (Phi) is 49.1. The third-order valence-corrected chi connectivity index (χ3v) is 12.1. The largest absolute Gasteiger partial charge is 0.466 e. The molecule has 358 valence electrons. The van der Waals surface area contributed by atoms with E-state index in [9.17, 15) is 19.8 Å². The normalized spacial score (nSPS) is 12.9. The van der Waals surface area contributed by atoms with Crippen LogP contribution in [0.25, 0.3) is 0 Å². The molecule has 0 saturated carbocycles. The highest BCUT2D eigenvalue weighted by Crippen LogP contribution is 2.15. The highest BCUT2D eigenvalue weighted by molar-refractivity contribution is 5.76. The van der Waals surface area contributed by atoms with Crippen LogP contribution in [0.2, 0.25) is 0 Å². The number of aliphatic hydroxyl groups excluding tert-OH is 2. The van der Waals surface area contributed by atoms with Gasteiger partial charge in [0.2, 0.25) is 5.91 Å². The fraction of sp³-hybridized carbons (Fsp3) is 0.855. The number of carbonyl (C=O) groups excluding carboxylic acids is 2. The van der Waals surface area contributed by atoms with Crippen LogP contribution >= 0.6 is 0 Å². The molecule has 0 aromatic carbocycles. The standard InChI is InChI=1S/C55H103NO5/c1-3-5-7-9-11-13-15-23-27-31-35-39-43-47-53(58)52(51-57)56-54(59)48-44-40-36-32-28-25-21-19-17-18-20-22-26-30-34-38-42-46-50-61-55(60)49-45-41-37-33-29-24-16-14-12-10-8-6-4-2/h14,16,19,21,43,47,52-53,57-58H,3-13,15,17-18,20,22-42,44-46,48-51H2,1-2H3,(H,56,59)/b16-14-,21-19-,47-43+. The quantitative estimate of drug-likeness (QED) is 0.0322. The first-order valence-electron chi connectivity index (χ1n) is 26.8. The van der Waals surface area contributed by atoms with E-state index in [-0.39, 0.29) is 18.5 Å². The molecule has 61 heavy (non-hydrogen) atoms. The minimum Gasteiger partial charge on any atom is -0.466 e. The molecule has 0 aliphatic rings. The maximum Gasteiger partial charge on any atom is 0.305 e. The maximum absolute atomic E-state index is 12.4. The Morgan fingerprint density at radius 2 is 0.770 bits per heavy atom. The lowest BCUT2D eigenvalue weighted by atomic mass is 10.0. The zero-order valence-corrected chi connectivity index (χ0v) is 40.6. The molecule has 0 spiro atoms. The molecule has 0 aliphatic carbocycles. The van der Waals surface area contributed by atoms with Crippen molar-refractivity contribution in [1.29, 1.82) is 0 Å². The third-order valence-electron chi connectivity index (χ3n) is 12.1. The predicted octanol–water partition coefficient (Wildman–Crippen LogP) is 16.1. The van der Waals surface area contributed by atoms with E-state index >= 15 is 0 Å². The number of hydrogen-bond acceptors (Lipinski definition) is 5. The van der Waals surface area contributed by atoms with E-state index in [1.54, 1.807) is 6.08 Å². The summed E-state index contributed by atoms with van der Waals surface area (Å²) in [6.45, 7) is 4.86. The minimum atomic E-state index is -0.852. The molecule has 3 N–H and O–H groups in total. The molecular weight excluding hydrogens is 755 g/mol. The van der Waals surface area contributed by atoms with E-state index in [0.29, 0.717) is 19.4 Å². The molecule has 0 bridgehead atoms. The Labute approximate surface area is 379 Å². The number of esters is 1. The van der Waals surface area contributed by atoms with Crippen LogP contribution in [0, 0.1) is 0 Å². The van der Waals surface area contributed by atoms with Crippen molar-refractivity contribution in [3.8, 4) is 0 Å². The van der Waals surface area contributed by atoms with Crippen LogP contribution in [0.3, 0.4) is 0 Å². The number of unbranched alkanes of at least 4 members (excludes halogenated alkanes) is 34. The van der Waals surface area contributed by atoms with Crippen LogP contribution in [-0.2, 0) is 14.3 Å². The van der Waals surface area contributed by atoms with Gasteiger partial charge < -0.3 is 20.3 Å². The number of aliphatic hydroxyl groups is 2. The van der Waals surface area contributed by atoms with Crippen LogP contribution in [0.5, 0.6) is 0 Å². The van der Waals surface area contributed by atoms with Crippen molar-refractivity contribution in [3.63, 3.8) is 0 Å². The molecule has 2 unspecified atom stereocenters. The summed E-state index contributed by atoms with van der Waals surface area (Å²) in [5.41, 5.74) is 0. The van der Waals surface area contributed by atoms with Crippen molar-refractivity contribution < 1.29 is 24.5 Å². The van der Waals surface area contributed by atoms with Crippen molar-refractivity contribution in [1.82, 2.24) is 5.32 Å². The zero-order valence-electron chi connectivity index (χ0n) is 40.6. The summed E-state index contributed by atoms with van der Waals surface area (Å²) in [7, 11) is 0. The number of nitrogens with one attached hydrogen (secondary N) is 1. The molecule has 0 fully saturated rings. The molecule has 0 aromatic heterocycles. The highest BCUT2D eigenvalue weighted by Gasteiger charge is 2.18. The molecule has 6 nitrogen and oxygen atoms in total. The zero-order chi connectivity index (χ0) is 44.4. The molecular formula is C55H103NO5. The summed E-state index contributed by atoms with van der Waals surface area (Å²) in [6.07, 6.45) is 61.5. The van der Waals surface area contributed by atoms with Gasteiger partial charge in [0, 0.05) is 12.8 Å². The van der Waals surface area contributed by atoms with E-state index in [1.165, 1.54) is 186 Å². The van der Waals surface area contributed by atoms with Gasteiger partial charge in [0.05, 0.1) is 25.4 Å². The van der Waals surface area contributed by atoms with Crippen LogP contribution in [0.1, 0.15) is 277 Å². The first-order chi connectivity index (χ1) is 30.0. The molecule has 0 aliphatic heterocycles. The Morgan fingerprint density at radius 3 is 1.18 bits per heavy atom. The smallest absolute Gasteiger partial charge is 0.305 e. The van der Waals surface area contributed by atoms with Crippen molar-refractivity contribution in [2.45, 2.75) is 289 Å². The van der Waals surface area contributed by atoms with E-state index < -0.39 is 12.1 Å². The summed E-state index contributed by atoms with van der Waals surface area (Å²) in [5, 5.41) is 23.0. The lowest BCUT2D eigenvalue weighted by Crippen LogP contribution is -2.45. The Morgan fingerprint density at radius 1 is 0.443 bits per heavy atom. The van der Waals surface area contributed by atoms with Gasteiger partial charge in [0.15, 0.2) is 0 Å². The molecule has 2 atom stereocenters. The van der Waals surface area contributed by atoms with Crippen molar-refractivity contribution >= 4 is 11.9 Å².